The number of carbonyl (C=O) groups excluding carboxylic acids is 3. The molecular weight excluding hydrogens is 696 g/mol. The van der Waals surface area contributed by atoms with E-state index in [-0.39, 0.29) is 42.4 Å². The normalized spacial score (nSPS) is 51.0. The molecule has 0 aromatic heterocycles. The van der Waals surface area contributed by atoms with E-state index in [1.807, 2.05) is 0 Å². The third kappa shape index (κ3) is 6.40. The summed E-state index contributed by atoms with van der Waals surface area (Å²) in [5, 5.41) is 53.4. The molecule has 15 heteroatoms. The van der Waals surface area contributed by atoms with Crippen LogP contribution in [0.15, 0.2) is 11.6 Å². The van der Waals surface area contributed by atoms with Gasteiger partial charge >= 0.3 is 11.9 Å². The van der Waals surface area contributed by atoms with Gasteiger partial charge in [0, 0.05) is 30.9 Å². The molecule has 0 aromatic carbocycles. The lowest BCUT2D eigenvalue weighted by Gasteiger charge is -2.63. The Hall–Kier alpha value is -2.05. The number of aldehydes is 1. The predicted octanol–water partition coefficient (Wildman–Crippen LogP) is 0.684. The molecule has 4 aliphatic carbocycles. The topological polar surface area (TPSA) is 217 Å². The molecule has 7 rings (SSSR count). The average molecular weight is 753 g/mol. The summed E-state index contributed by atoms with van der Waals surface area (Å²) in [5.74, 6) is -0.874. The number of cyclic esters (lactones) is 1. The summed E-state index contributed by atoms with van der Waals surface area (Å²) in [7, 11) is 1.41. The lowest BCUT2D eigenvalue weighted by molar-refractivity contribution is -0.362. The highest BCUT2D eigenvalue weighted by atomic mass is 16.8. The second kappa shape index (κ2) is 14.8. The van der Waals surface area contributed by atoms with Gasteiger partial charge in [-0.05, 0) is 94.0 Å². The Morgan fingerprint density at radius 3 is 2.38 bits per heavy atom. The van der Waals surface area contributed by atoms with Crippen molar-refractivity contribution in [1.82, 2.24) is 0 Å². The molecule has 4 saturated carbocycles. The Labute approximate surface area is 309 Å². The van der Waals surface area contributed by atoms with Crippen LogP contribution in [0.4, 0.5) is 0 Å². The number of aliphatic hydroxyl groups excluding tert-OH is 4. The minimum Gasteiger partial charge on any atom is -0.458 e. The van der Waals surface area contributed by atoms with Gasteiger partial charge in [0.2, 0.25) is 0 Å². The molecule has 2 saturated heterocycles. The fourth-order valence-corrected chi connectivity index (χ4v) is 11.8. The smallest absolute Gasteiger partial charge is 0.331 e. The zero-order chi connectivity index (χ0) is 38.0. The molecule has 3 aliphatic heterocycles. The first-order valence-corrected chi connectivity index (χ1v) is 19.2. The maximum atomic E-state index is 13.3. The fourth-order valence-electron chi connectivity index (χ4n) is 11.8. The van der Waals surface area contributed by atoms with E-state index in [4.69, 9.17) is 33.2 Å². The third-order valence-corrected chi connectivity index (χ3v) is 14.5. The number of aliphatic hydroxyl groups is 5. The van der Waals surface area contributed by atoms with Gasteiger partial charge in [-0.2, -0.15) is 0 Å². The van der Waals surface area contributed by atoms with Crippen molar-refractivity contribution < 1.29 is 73.1 Å². The van der Waals surface area contributed by atoms with Gasteiger partial charge in [0.15, 0.2) is 18.7 Å². The largest absolute Gasteiger partial charge is 0.458 e. The van der Waals surface area contributed by atoms with Crippen molar-refractivity contribution in [2.45, 2.75) is 152 Å². The predicted molar refractivity (Wildman–Crippen MR) is 180 cm³/mol. The third-order valence-electron chi connectivity index (χ3n) is 14.5. The van der Waals surface area contributed by atoms with Crippen molar-refractivity contribution in [2.75, 3.05) is 20.3 Å². The highest BCUT2D eigenvalue weighted by molar-refractivity contribution is 5.85. The molecule has 0 radical (unpaired) electrons. The van der Waals surface area contributed by atoms with Gasteiger partial charge in [-0.15, -0.1) is 0 Å². The SMILES string of the molecule is CO[C@H]1[C@@H](O[C@@H]2O[C@H](CO)[C@@H](O)[C@H](O)[C@H]2O)[C@@H](C)O[C@@H](O[C@H]2CC[C@@]3(C=O)[C@@H](CC[C@@H]4[C@@H]3CC[C@]3(C)[C@@H](C5=CC(=O)OC5)CC[C@]43O)C2)[C@@H]1OC(C)=O. The minimum absolute atomic E-state index is 0.0161. The van der Waals surface area contributed by atoms with Crippen molar-refractivity contribution >= 4 is 18.2 Å². The van der Waals surface area contributed by atoms with Gasteiger partial charge in [-0.25, -0.2) is 4.79 Å². The van der Waals surface area contributed by atoms with Gasteiger partial charge in [-0.1, -0.05) is 6.92 Å². The van der Waals surface area contributed by atoms with E-state index in [1.54, 1.807) is 13.0 Å². The van der Waals surface area contributed by atoms with Gasteiger partial charge in [0.05, 0.1) is 24.4 Å². The average Bonchev–Trinajstić information content (AvgIpc) is 3.68. The van der Waals surface area contributed by atoms with E-state index in [2.05, 4.69) is 6.92 Å². The van der Waals surface area contributed by atoms with Crippen LogP contribution in [-0.4, -0.2) is 137 Å². The zero-order valence-corrected chi connectivity index (χ0v) is 30.9. The van der Waals surface area contributed by atoms with E-state index in [0.29, 0.717) is 25.7 Å². The molecule has 0 spiro atoms. The van der Waals surface area contributed by atoms with E-state index >= 15 is 0 Å². The van der Waals surface area contributed by atoms with E-state index in [1.165, 1.54) is 14.0 Å². The van der Waals surface area contributed by atoms with Crippen molar-refractivity contribution in [1.29, 1.82) is 0 Å². The number of carbonyl (C=O) groups is 3. The van der Waals surface area contributed by atoms with Crippen LogP contribution < -0.4 is 0 Å². The quantitative estimate of drug-likeness (QED) is 0.124. The number of fused-ring (bicyclic) bond motifs is 5. The zero-order valence-electron chi connectivity index (χ0n) is 30.9. The minimum atomic E-state index is -1.66. The summed E-state index contributed by atoms with van der Waals surface area (Å²) in [4.78, 5) is 37.6. The summed E-state index contributed by atoms with van der Waals surface area (Å²) in [6, 6.07) is 0. The summed E-state index contributed by atoms with van der Waals surface area (Å²) < 4.78 is 41.3. The Morgan fingerprint density at radius 2 is 1.72 bits per heavy atom. The number of methoxy groups -OCH3 is 1. The lowest BCUT2D eigenvalue weighted by Crippen LogP contribution is -2.65. The second-order valence-electron chi connectivity index (χ2n) is 16.8. The highest BCUT2D eigenvalue weighted by Crippen LogP contribution is 2.69. The van der Waals surface area contributed by atoms with Crippen LogP contribution in [0.2, 0.25) is 0 Å². The Bertz CT molecular complexity index is 1420. The number of hydrogen-bond donors (Lipinski definition) is 5. The molecule has 18 atom stereocenters. The van der Waals surface area contributed by atoms with Gasteiger partial charge in [-0.3, -0.25) is 4.79 Å². The first-order chi connectivity index (χ1) is 25.2. The molecule has 0 amide bonds. The summed E-state index contributed by atoms with van der Waals surface area (Å²) in [6.07, 6.45) is -3.79. The van der Waals surface area contributed by atoms with Crippen LogP contribution in [-0.2, 0) is 47.5 Å². The Morgan fingerprint density at radius 1 is 0.943 bits per heavy atom. The van der Waals surface area contributed by atoms with Gasteiger partial charge in [0.1, 0.15) is 49.5 Å². The number of rotatable bonds is 9. The highest BCUT2D eigenvalue weighted by Gasteiger charge is 2.69. The monoisotopic (exact) mass is 752 g/mol. The first-order valence-electron chi connectivity index (χ1n) is 19.2. The van der Waals surface area contributed by atoms with Crippen molar-refractivity contribution in [2.24, 2.45) is 34.5 Å². The summed E-state index contributed by atoms with van der Waals surface area (Å²) in [6.45, 7) is 4.76. The molecule has 298 valence electrons. The lowest BCUT2D eigenvalue weighted by atomic mass is 9.43. The van der Waals surface area contributed by atoms with Crippen molar-refractivity contribution in [3.05, 3.63) is 11.6 Å². The van der Waals surface area contributed by atoms with Crippen LogP contribution >= 0.6 is 0 Å². The molecule has 6 fully saturated rings. The van der Waals surface area contributed by atoms with Crippen LogP contribution in [0.1, 0.15) is 78.6 Å². The molecular formula is C38H56O15. The van der Waals surface area contributed by atoms with Crippen LogP contribution in [0.25, 0.3) is 0 Å². The maximum absolute atomic E-state index is 13.3. The van der Waals surface area contributed by atoms with Crippen molar-refractivity contribution in [3.8, 4) is 0 Å². The number of ether oxygens (including phenoxy) is 7. The summed E-state index contributed by atoms with van der Waals surface area (Å²) in [5.41, 5.74) is -1.00. The fraction of sp³-hybridized carbons (Fsp3) is 0.868. The van der Waals surface area contributed by atoms with Crippen LogP contribution in [0.5, 0.6) is 0 Å². The molecule has 0 unspecified atom stereocenters. The molecule has 15 nitrogen and oxygen atoms in total. The van der Waals surface area contributed by atoms with Crippen LogP contribution in [0, 0.1) is 34.5 Å². The Kier molecular flexibility index (Phi) is 10.9. The number of hydrogen-bond acceptors (Lipinski definition) is 15. The molecule has 53 heavy (non-hydrogen) atoms. The molecule has 3 heterocycles. The number of esters is 2. The van der Waals surface area contributed by atoms with Crippen LogP contribution in [0.3, 0.4) is 0 Å². The van der Waals surface area contributed by atoms with Gasteiger partial charge in [0.25, 0.3) is 0 Å². The summed E-state index contributed by atoms with van der Waals surface area (Å²) >= 11 is 0. The van der Waals surface area contributed by atoms with E-state index in [0.717, 1.165) is 44.0 Å². The van der Waals surface area contributed by atoms with E-state index < -0.39 is 90.4 Å². The first kappa shape index (κ1) is 39.2. The maximum Gasteiger partial charge on any atom is 0.331 e. The molecule has 5 N–H and O–H groups in total. The van der Waals surface area contributed by atoms with Gasteiger partial charge < -0.3 is 63.5 Å². The Balaban J connectivity index is 1.05. The molecule has 0 bridgehead atoms. The molecule has 7 aliphatic rings. The van der Waals surface area contributed by atoms with Crippen molar-refractivity contribution in [3.63, 3.8) is 0 Å². The molecule has 0 aromatic rings. The second-order valence-corrected chi connectivity index (χ2v) is 16.8. The standard InChI is InChI=1S/C38H56O15/c1-18-31(53-34-30(45)29(44)28(43)26(15-39)52-34)32(47-4)33(50-19(2)41)35(49-18)51-22-7-11-37(17-40)21(14-22)5-6-25-24(37)8-10-36(3)23(9-12-38(25,36)46)20-13-27(42)48-16-20/h13,17-18,21-26,28-35,39,43-46H,5-12,14-16H2,1-4H3/t18-,21+,22+,23-,24+,25-,26-,28-,29+,30-,31+,32+,33-,34+,35+,36-,37-,38+/m1/s1. The van der Waals surface area contributed by atoms with E-state index in [9.17, 15) is 39.9 Å².